The van der Waals surface area contributed by atoms with E-state index in [0.717, 1.165) is 16.8 Å². The number of fused-ring (bicyclic) bond motifs is 1. The lowest BCUT2D eigenvalue weighted by Crippen LogP contribution is -2.21. The number of hydrogen-bond acceptors (Lipinski definition) is 5. The molecule has 0 fully saturated rings. The van der Waals surface area contributed by atoms with Gasteiger partial charge in [-0.2, -0.15) is 0 Å². The highest BCUT2D eigenvalue weighted by Gasteiger charge is 2.18. The number of aryl methyl sites for hydroxylation is 1. The first-order chi connectivity index (χ1) is 10.6. The molecule has 0 amide bonds. The van der Waals surface area contributed by atoms with Gasteiger partial charge >= 0.3 is 11.7 Å². The molecule has 0 N–H and O–H groups in total. The average Bonchev–Trinajstić information content (AvgIpc) is 2.82. The minimum Gasteiger partial charge on any atom is -0.468 e. The molecule has 2 heterocycles. The number of aromatic nitrogens is 2. The van der Waals surface area contributed by atoms with Crippen LogP contribution in [0.3, 0.4) is 0 Å². The molecule has 6 nitrogen and oxygen atoms in total. The monoisotopic (exact) mass is 298 g/mol. The molecule has 0 atom stereocenters. The Morgan fingerprint density at radius 3 is 2.73 bits per heavy atom. The van der Waals surface area contributed by atoms with Crippen LogP contribution in [0.4, 0.5) is 0 Å². The number of pyridine rings is 1. The van der Waals surface area contributed by atoms with Crippen LogP contribution < -0.4 is 5.76 Å². The van der Waals surface area contributed by atoms with Crippen LogP contribution in [0.5, 0.6) is 0 Å². The van der Waals surface area contributed by atoms with Gasteiger partial charge in [0.05, 0.1) is 7.11 Å². The summed E-state index contributed by atoms with van der Waals surface area (Å²) in [5.41, 5.74) is 3.14. The average molecular weight is 298 g/mol. The number of carbonyl (C=O) groups excluding carboxylic acids is 1. The number of oxazole rings is 1. The molecule has 3 aromatic rings. The van der Waals surface area contributed by atoms with Gasteiger partial charge in [0.2, 0.25) is 5.71 Å². The van der Waals surface area contributed by atoms with Crippen LogP contribution in [0.25, 0.3) is 22.4 Å². The van der Waals surface area contributed by atoms with E-state index in [2.05, 4.69) is 9.72 Å². The Balaban J connectivity index is 2.31. The number of rotatable bonds is 3. The van der Waals surface area contributed by atoms with Crippen molar-refractivity contribution in [2.24, 2.45) is 0 Å². The Hall–Kier alpha value is -2.89. The molecular weight excluding hydrogens is 284 g/mol. The van der Waals surface area contributed by atoms with Gasteiger partial charge in [0.25, 0.3) is 0 Å². The van der Waals surface area contributed by atoms with Crippen molar-refractivity contribution < 1.29 is 13.9 Å². The number of esters is 1. The van der Waals surface area contributed by atoms with Gasteiger partial charge in [-0.05, 0) is 18.6 Å². The maximum Gasteiger partial charge on any atom is 0.421 e. The number of benzene rings is 1. The summed E-state index contributed by atoms with van der Waals surface area (Å²) in [6.45, 7) is 1.61. The van der Waals surface area contributed by atoms with E-state index in [9.17, 15) is 9.59 Å². The van der Waals surface area contributed by atoms with E-state index < -0.39 is 11.7 Å². The van der Waals surface area contributed by atoms with Gasteiger partial charge < -0.3 is 9.15 Å². The highest BCUT2D eigenvalue weighted by atomic mass is 16.5. The largest absolute Gasteiger partial charge is 0.468 e. The normalized spacial score (nSPS) is 10.8. The number of nitrogens with zero attached hydrogens (tertiary/aromatic N) is 2. The Labute approximate surface area is 126 Å². The fourth-order valence-corrected chi connectivity index (χ4v) is 2.37. The van der Waals surface area contributed by atoms with Crippen LogP contribution in [0.2, 0.25) is 0 Å². The molecule has 0 aliphatic carbocycles. The Bertz CT molecular complexity index is 894. The van der Waals surface area contributed by atoms with Crippen molar-refractivity contribution in [1.29, 1.82) is 0 Å². The Morgan fingerprint density at radius 2 is 2.05 bits per heavy atom. The summed E-state index contributed by atoms with van der Waals surface area (Å²) < 4.78 is 11.1. The molecule has 0 unspecified atom stereocenters. The number of carbonyl (C=O) groups is 1. The molecule has 2 aromatic heterocycles. The first-order valence-electron chi connectivity index (χ1n) is 6.73. The number of ether oxygens (including phenoxy) is 1. The quantitative estimate of drug-likeness (QED) is 0.693. The van der Waals surface area contributed by atoms with Gasteiger partial charge in [0.15, 0.2) is 0 Å². The van der Waals surface area contributed by atoms with Crippen LogP contribution in [0, 0.1) is 6.92 Å². The molecule has 0 saturated heterocycles. The van der Waals surface area contributed by atoms with Gasteiger partial charge in [-0.25, -0.2) is 9.78 Å². The second kappa shape index (κ2) is 5.48. The molecule has 0 aliphatic rings. The Morgan fingerprint density at radius 1 is 1.32 bits per heavy atom. The van der Waals surface area contributed by atoms with Crippen LogP contribution in [-0.2, 0) is 16.1 Å². The summed E-state index contributed by atoms with van der Waals surface area (Å²) >= 11 is 0. The van der Waals surface area contributed by atoms with Gasteiger partial charge in [-0.3, -0.25) is 9.36 Å². The second-order valence-electron chi connectivity index (χ2n) is 4.86. The predicted octanol–water partition coefficient (Wildman–Crippen LogP) is 2.14. The van der Waals surface area contributed by atoms with E-state index in [0.29, 0.717) is 5.52 Å². The highest BCUT2D eigenvalue weighted by molar-refractivity contribution is 5.90. The molecule has 0 bridgehead atoms. The van der Waals surface area contributed by atoms with E-state index >= 15 is 0 Å². The van der Waals surface area contributed by atoms with Gasteiger partial charge in [0.1, 0.15) is 12.1 Å². The zero-order valence-corrected chi connectivity index (χ0v) is 12.2. The molecule has 0 radical (unpaired) electrons. The maximum absolute atomic E-state index is 12.0. The minimum absolute atomic E-state index is 0.215. The first kappa shape index (κ1) is 14.1. The zero-order valence-electron chi connectivity index (χ0n) is 12.2. The minimum atomic E-state index is -0.629. The maximum atomic E-state index is 12.0. The second-order valence-corrected chi connectivity index (χ2v) is 4.86. The van der Waals surface area contributed by atoms with Crippen LogP contribution in [-0.4, -0.2) is 22.6 Å². The smallest absolute Gasteiger partial charge is 0.421 e. The molecular formula is C16H14N2O4. The topological polar surface area (TPSA) is 74.3 Å². The standard InChI is InChI=1S/C16H14N2O4/c1-10-8-12(11-6-4-3-5-7-11)14-15(17-10)22-16(20)18(14)9-13(19)21-2/h3-8H,9H2,1-2H3. The third kappa shape index (κ3) is 2.39. The molecule has 22 heavy (non-hydrogen) atoms. The fourth-order valence-electron chi connectivity index (χ4n) is 2.37. The molecule has 0 aliphatic heterocycles. The van der Waals surface area contributed by atoms with Crippen molar-refractivity contribution in [2.75, 3.05) is 7.11 Å². The summed E-state index contributed by atoms with van der Waals surface area (Å²) in [5.74, 6) is -1.15. The Kier molecular flexibility index (Phi) is 3.50. The van der Waals surface area contributed by atoms with E-state index in [1.165, 1.54) is 11.7 Å². The lowest BCUT2D eigenvalue weighted by atomic mass is 10.0. The summed E-state index contributed by atoms with van der Waals surface area (Å²) in [4.78, 5) is 27.8. The van der Waals surface area contributed by atoms with E-state index in [4.69, 9.17) is 4.42 Å². The predicted molar refractivity (Wildman–Crippen MR) is 80.5 cm³/mol. The summed E-state index contributed by atoms with van der Waals surface area (Å²) in [6, 6.07) is 11.4. The lowest BCUT2D eigenvalue weighted by molar-refractivity contribution is -0.141. The van der Waals surface area contributed by atoms with E-state index in [-0.39, 0.29) is 12.3 Å². The summed E-state index contributed by atoms with van der Waals surface area (Å²) in [7, 11) is 1.27. The van der Waals surface area contributed by atoms with Crippen LogP contribution >= 0.6 is 0 Å². The molecule has 0 spiro atoms. The lowest BCUT2D eigenvalue weighted by Gasteiger charge is -2.07. The van der Waals surface area contributed by atoms with Crippen molar-refractivity contribution in [3.63, 3.8) is 0 Å². The van der Waals surface area contributed by atoms with Crippen molar-refractivity contribution in [3.8, 4) is 11.1 Å². The van der Waals surface area contributed by atoms with Crippen LogP contribution in [0.15, 0.2) is 45.6 Å². The molecule has 6 heteroatoms. The van der Waals surface area contributed by atoms with E-state index in [1.54, 1.807) is 0 Å². The first-order valence-corrected chi connectivity index (χ1v) is 6.73. The number of methoxy groups -OCH3 is 1. The molecule has 0 saturated carbocycles. The molecule has 112 valence electrons. The van der Waals surface area contributed by atoms with Crippen molar-refractivity contribution >= 4 is 17.2 Å². The zero-order chi connectivity index (χ0) is 15.7. The summed E-state index contributed by atoms with van der Waals surface area (Å²) in [5, 5.41) is 0. The third-order valence-electron chi connectivity index (χ3n) is 3.36. The van der Waals surface area contributed by atoms with Crippen LogP contribution in [0.1, 0.15) is 5.69 Å². The fraction of sp³-hybridized carbons (Fsp3) is 0.188. The van der Waals surface area contributed by atoms with Crippen molar-refractivity contribution in [1.82, 2.24) is 9.55 Å². The van der Waals surface area contributed by atoms with Gasteiger partial charge in [0, 0.05) is 11.3 Å². The van der Waals surface area contributed by atoms with Gasteiger partial charge in [-0.1, -0.05) is 30.3 Å². The molecule has 1 aromatic carbocycles. The highest BCUT2D eigenvalue weighted by Crippen LogP contribution is 2.28. The third-order valence-corrected chi connectivity index (χ3v) is 3.36. The SMILES string of the molecule is COC(=O)Cn1c(=O)oc2nc(C)cc(-c3ccccc3)c21. The summed E-state index contributed by atoms with van der Waals surface area (Å²) in [6.07, 6.45) is 0. The van der Waals surface area contributed by atoms with Crippen molar-refractivity contribution in [2.45, 2.75) is 13.5 Å². The number of hydrogen-bond donors (Lipinski definition) is 0. The molecule has 3 rings (SSSR count). The van der Waals surface area contributed by atoms with Crippen molar-refractivity contribution in [3.05, 3.63) is 52.6 Å². The van der Waals surface area contributed by atoms with Gasteiger partial charge in [-0.15, -0.1) is 0 Å². The van der Waals surface area contributed by atoms with E-state index in [1.807, 2.05) is 43.3 Å².